The van der Waals surface area contributed by atoms with Crippen LogP contribution in [0.5, 0.6) is 5.75 Å². The van der Waals surface area contributed by atoms with Crippen molar-refractivity contribution in [2.75, 3.05) is 33.3 Å². The first kappa shape index (κ1) is 20.4. The Kier molecular flexibility index (Phi) is 7.06. The lowest BCUT2D eigenvalue weighted by Crippen LogP contribution is -2.53. The van der Waals surface area contributed by atoms with Crippen LogP contribution in [0.3, 0.4) is 0 Å². The number of nitrogens with one attached hydrogen (secondary N) is 1. The average Bonchev–Trinajstić information content (AvgIpc) is 2.74. The van der Waals surface area contributed by atoms with Gasteiger partial charge in [-0.2, -0.15) is 0 Å². The van der Waals surface area contributed by atoms with Crippen LogP contribution in [-0.4, -0.2) is 55.0 Å². The summed E-state index contributed by atoms with van der Waals surface area (Å²) in [6, 6.07) is 18.2. The van der Waals surface area contributed by atoms with Crippen LogP contribution in [0, 0.1) is 0 Å². The molecule has 3 rings (SSSR count). The molecule has 1 saturated heterocycles. The summed E-state index contributed by atoms with van der Waals surface area (Å²) in [5.41, 5.74) is 2.39. The van der Waals surface area contributed by atoms with E-state index < -0.39 is 0 Å². The molecule has 28 heavy (non-hydrogen) atoms. The molecule has 0 spiro atoms. The zero-order valence-corrected chi connectivity index (χ0v) is 17.1. The van der Waals surface area contributed by atoms with Crippen molar-refractivity contribution in [2.24, 2.45) is 0 Å². The minimum atomic E-state index is -0.236. The second-order valence-electron chi connectivity index (χ2n) is 7.44. The molecule has 1 aliphatic heterocycles. The van der Waals surface area contributed by atoms with Crippen LogP contribution in [0.15, 0.2) is 54.6 Å². The van der Waals surface area contributed by atoms with Gasteiger partial charge in [-0.1, -0.05) is 48.5 Å². The molecule has 150 valence electrons. The Morgan fingerprint density at radius 2 is 1.64 bits per heavy atom. The number of carbonyl (C=O) groups excluding carboxylic acids is 1. The number of methoxy groups -OCH3 is 1. The van der Waals surface area contributed by atoms with Crippen molar-refractivity contribution in [2.45, 2.75) is 32.5 Å². The predicted molar refractivity (Wildman–Crippen MR) is 112 cm³/mol. The van der Waals surface area contributed by atoms with Gasteiger partial charge < -0.3 is 9.64 Å². The van der Waals surface area contributed by atoms with E-state index in [9.17, 15) is 4.79 Å². The second-order valence-corrected chi connectivity index (χ2v) is 7.44. The molecule has 5 nitrogen and oxygen atoms in total. The van der Waals surface area contributed by atoms with Crippen molar-refractivity contribution in [1.29, 1.82) is 0 Å². The highest BCUT2D eigenvalue weighted by Gasteiger charge is 2.26. The average molecular weight is 382 g/mol. The Hall–Kier alpha value is -2.37. The first-order chi connectivity index (χ1) is 13.6. The van der Waals surface area contributed by atoms with E-state index >= 15 is 0 Å². The van der Waals surface area contributed by atoms with Gasteiger partial charge in [-0.3, -0.25) is 15.0 Å². The fourth-order valence-electron chi connectivity index (χ4n) is 3.80. The molecule has 1 fully saturated rings. The van der Waals surface area contributed by atoms with E-state index in [2.05, 4.69) is 41.4 Å². The maximum Gasteiger partial charge on any atom is 0.239 e. The molecule has 5 heteroatoms. The van der Waals surface area contributed by atoms with Crippen molar-refractivity contribution in [1.82, 2.24) is 15.1 Å². The molecule has 0 saturated carbocycles. The monoisotopic (exact) mass is 381 g/mol. The summed E-state index contributed by atoms with van der Waals surface area (Å²) in [7, 11) is 1.68. The van der Waals surface area contributed by atoms with E-state index in [1.54, 1.807) is 7.11 Å². The predicted octanol–water partition coefficient (Wildman–Crippen LogP) is 3.08. The maximum absolute atomic E-state index is 12.9. The smallest absolute Gasteiger partial charge is 0.239 e. The summed E-state index contributed by atoms with van der Waals surface area (Å²) < 4.78 is 5.44. The normalized spacial score (nSPS) is 17.2. The standard InChI is InChI=1S/C23H31N3O2/c1-18(21-11-7-8-12-22(21)28-3)24-19(2)23(27)26-15-13-25(14-16-26)17-20-9-5-4-6-10-20/h4-12,18-19,24H,13-17H2,1-3H3/t18-,19-/m0/s1. The molecular weight excluding hydrogens is 350 g/mol. The van der Waals surface area contributed by atoms with Gasteiger partial charge in [0.25, 0.3) is 0 Å². The van der Waals surface area contributed by atoms with Gasteiger partial charge in [-0.15, -0.1) is 0 Å². The topological polar surface area (TPSA) is 44.8 Å². The Morgan fingerprint density at radius 1 is 1.00 bits per heavy atom. The second kappa shape index (κ2) is 9.71. The molecule has 0 unspecified atom stereocenters. The van der Waals surface area contributed by atoms with Crippen molar-refractivity contribution in [3.8, 4) is 5.75 Å². The van der Waals surface area contributed by atoms with Crippen molar-refractivity contribution >= 4 is 5.91 Å². The fourth-order valence-corrected chi connectivity index (χ4v) is 3.80. The third kappa shape index (κ3) is 5.12. The van der Waals surface area contributed by atoms with Gasteiger partial charge in [-0.05, 0) is 25.5 Å². The largest absolute Gasteiger partial charge is 0.496 e. The molecule has 1 N–H and O–H groups in total. The number of carbonyl (C=O) groups is 1. The van der Waals surface area contributed by atoms with Gasteiger partial charge in [0.1, 0.15) is 5.75 Å². The summed E-state index contributed by atoms with van der Waals surface area (Å²) in [5.74, 6) is 1.01. The first-order valence-electron chi connectivity index (χ1n) is 10.0. The molecule has 0 radical (unpaired) electrons. The number of hydrogen-bond donors (Lipinski definition) is 1. The van der Waals surface area contributed by atoms with E-state index in [1.165, 1.54) is 5.56 Å². The summed E-state index contributed by atoms with van der Waals surface area (Å²) in [6.45, 7) is 8.35. The molecule has 1 heterocycles. The highest BCUT2D eigenvalue weighted by molar-refractivity contribution is 5.81. The SMILES string of the molecule is COc1ccccc1[C@H](C)N[C@@H](C)C(=O)N1CCN(Cc2ccccc2)CC1. The number of nitrogens with zero attached hydrogens (tertiary/aromatic N) is 2. The lowest BCUT2D eigenvalue weighted by molar-refractivity contribution is -0.135. The number of piperazine rings is 1. The molecule has 0 aliphatic carbocycles. The van der Waals surface area contributed by atoms with Gasteiger partial charge >= 0.3 is 0 Å². The van der Waals surface area contributed by atoms with E-state index in [4.69, 9.17) is 4.74 Å². The molecule has 0 bridgehead atoms. The highest BCUT2D eigenvalue weighted by Crippen LogP contribution is 2.24. The van der Waals surface area contributed by atoms with Gasteiger partial charge in [-0.25, -0.2) is 0 Å². The van der Waals surface area contributed by atoms with Gasteiger partial charge in [0, 0.05) is 44.3 Å². The molecule has 2 aromatic rings. The van der Waals surface area contributed by atoms with Crippen LogP contribution < -0.4 is 10.1 Å². The van der Waals surface area contributed by atoms with Gasteiger partial charge in [0.2, 0.25) is 5.91 Å². The molecule has 2 aromatic carbocycles. The van der Waals surface area contributed by atoms with E-state index in [0.717, 1.165) is 44.0 Å². The zero-order chi connectivity index (χ0) is 19.9. The Labute approximate surface area is 168 Å². The molecule has 1 aliphatic rings. The quantitative estimate of drug-likeness (QED) is 0.801. The number of rotatable bonds is 7. The zero-order valence-electron chi connectivity index (χ0n) is 17.1. The van der Waals surface area contributed by atoms with Crippen LogP contribution in [0.1, 0.15) is 31.0 Å². The Bertz CT molecular complexity index is 757. The third-order valence-electron chi connectivity index (χ3n) is 5.41. The summed E-state index contributed by atoms with van der Waals surface area (Å²) >= 11 is 0. The maximum atomic E-state index is 12.9. The van der Waals surface area contributed by atoms with Crippen LogP contribution >= 0.6 is 0 Å². The summed E-state index contributed by atoms with van der Waals surface area (Å²) in [6.07, 6.45) is 0. The fraction of sp³-hybridized carbons (Fsp3) is 0.435. The Morgan fingerprint density at radius 3 is 2.32 bits per heavy atom. The van der Waals surface area contributed by atoms with E-state index in [0.29, 0.717) is 0 Å². The van der Waals surface area contributed by atoms with Gasteiger partial charge in [0.15, 0.2) is 0 Å². The van der Waals surface area contributed by atoms with Crippen LogP contribution in [0.2, 0.25) is 0 Å². The summed E-state index contributed by atoms with van der Waals surface area (Å²) in [5, 5.41) is 3.43. The molecular formula is C23H31N3O2. The molecule has 2 atom stereocenters. The first-order valence-corrected chi connectivity index (χ1v) is 10.0. The van der Waals surface area contributed by atoms with Crippen molar-refractivity contribution < 1.29 is 9.53 Å². The van der Waals surface area contributed by atoms with Crippen LogP contribution in [-0.2, 0) is 11.3 Å². The third-order valence-corrected chi connectivity index (χ3v) is 5.41. The van der Waals surface area contributed by atoms with Crippen molar-refractivity contribution in [3.05, 3.63) is 65.7 Å². The van der Waals surface area contributed by atoms with Crippen LogP contribution in [0.25, 0.3) is 0 Å². The van der Waals surface area contributed by atoms with Crippen LogP contribution in [0.4, 0.5) is 0 Å². The minimum absolute atomic E-state index is 0.0365. The summed E-state index contributed by atoms with van der Waals surface area (Å²) in [4.78, 5) is 17.3. The number of hydrogen-bond acceptors (Lipinski definition) is 4. The minimum Gasteiger partial charge on any atom is -0.496 e. The van der Waals surface area contributed by atoms with Crippen molar-refractivity contribution in [3.63, 3.8) is 0 Å². The molecule has 0 aromatic heterocycles. The van der Waals surface area contributed by atoms with Gasteiger partial charge in [0.05, 0.1) is 13.2 Å². The number of benzene rings is 2. The lowest BCUT2D eigenvalue weighted by atomic mass is 10.1. The number of ether oxygens (including phenoxy) is 1. The number of para-hydroxylation sites is 1. The van der Waals surface area contributed by atoms with E-state index in [1.807, 2.05) is 42.2 Å². The number of amides is 1. The highest BCUT2D eigenvalue weighted by atomic mass is 16.5. The van der Waals surface area contributed by atoms with E-state index in [-0.39, 0.29) is 18.0 Å². The Balaban J connectivity index is 1.50. The molecule has 1 amide bonds. The lowest BCUT2D eigenvalue weighted by Gasteiger charge is -2.36.